The lowest BCUT2D eigenvalue weighted by Crippen LogP contribution is -2.12. The molecule has 0 amide bonds. The lowest BCUT2D eigenvalue weighted by atomic mass is 9.86. The number of carboxylic acid groups (broad SMARTS) is 2. The van der Waals surface area contributed by atoms with Crippen molar-refractivity contribution in [1.29, 1.82) is 0 Å². The number of hydrogen-bond acceptors (Lipinski definition) is 4. The van der Waals surface area contributed by atoms with Gasteiger partial charge in [0, 0.05) is 11.1 Å². The molecule has 0 fully saturated rings. The summed E-state index contributed by atoms with van der Waals surface area (Å²) < 4.78 is 0. The molecule has 0 spiro atoms. The number of carbonyl (C=O) groups is 4. The highest BCUT2D eigenvalue weighted by molar-refractivity contribution is 5.94. The number of hydrogen-bond donors (Lipinski definition) is 2. The molecule has 0 aliphatic rings. The predicted molar refractivity (Wildman–Crippen MR) is 214 cm³/mol. The first-order valence-corrected chi connectivity index (χ1v) is 17.5. The standard InChI is InChI=1S/2C12H16O.2C11H14O2/c1-9(13)10-5-7-11(8-6-10)12(2,3)4;1-9(13)10-6-5-7-11(8-10)12(2,3)4;1-11(2,3)9-6-4-8(5-7-9)10(12)13;1-11(2,3)9-6-4-5-8(7-9)10(12)13/h2*5-8H,1-4H3;2*4-7H,1-3H3,(H,12,13). The Hall–Kier alpha value is -4.84. The molecule has 0 heterocycles. The predicted octanol–water partition coefficient (Wildman–Crippen LogP) is 11.7. The van der Waals surface area contributed by atoms with Gasteiger partial charge in [-0.1, -0.05) is 150 Å². The molecule has 6 nitrogen and oxygen atoms in total. The second-order valence-corrected chi connectivity index (χ2v) is 17.0. The van der Waals surface area contributed by atoms with Crippen LogP contribution in [0, 0.1) is 0 Å². The topological polar surface area (TPSA) is 109 Å². The Balaban J connectivity index is 0.000000347. The van der Waals surface area contributed by atoms with Crippen molar-refractivity contribution in [2.45, 2.75) is 119 Å². The van der Waals surface area contributed by atoms with Crippen LogP contribution in [0.5, 0.6) is 0 Å². The SMILES string of the molecule is CC(=O)c1ccc(C(C)(C)C)cc1.CC(=O)c1cccc(C(C)(C)C)c1.CC(C)(C)c1ccc(C(=O)O)cc1.CC(C)(C)c1cccc(C(=O)O)c1. The van der Waals surface area contributed by atoms with Gasteiger partial charge in [0.1, 0.15) is 0 Å². The molecule has 0 aliphatic heterocycles. The van der Waals surface area contributed by atoms with Gasteiger partial charge in [-0.25, -0.2) is 9.59 Å². The fraction of sp³-hybridized carbons (Fsp3) is 0.391. The van der Waals surface area contributed by atoms with Gasteiger partial charge in [0.15, 0.2) is 11.6 Å². The van der Waals surface area contributed by atoms with Gasteiger partial charge in [-0.15, -0.1) is 0 Å². The molecule has 0 saturated carbocycles. The summed E-state index contributed by atoms with van der Waals surface area (Å²) in [6.45, 7) is 28.6. The average molecular weight is 709 g/mol. The van der Waals surface area contributed by atoms with Crippen LogP contribution >= 0.6 is 0 Å². The molecule has 0 aromatic heterocycles. The highest BCUT2D eigenvalue weighted by Gasteiger charge is 2.17. The van der Waals surface area contributed by atoms with Crippen LogP contribution < -0.4 is 0 Å². The van der Waals surface area contributed by atoms with Crippen LogP contribution in [-0.4, -0.2) is 33.7 Å². The number of rotatable bonds is 4. The minimum absolute atomic E-state index is 0.00542. The van der Waals surface area contributed by atoms with Gasteiger partial charge in [0.2, 0.25) is 0 Å². The van der Waals surface area contributed by atoms with Crippen LogP contribution in [0.1, 0.15) is 161 Å². The Morgan fingerprint density at radius 3 is 0.942 bits per heavy atom. The number of carbonyl (C=O) groups excluding carboxylic acids is 2. The summed E-state index contributed by atoms with van der Waals surface area (Å²) >= 11 is 0. The molecule has 4 aromatic rings. The lowest BCUT2D eigenvalue weighted by Gasteiger charge is -2.19. The van der Waals surface area contributed by atoms with Gasteiger partial charge in [-0.2, -0.15) is 0 Å². The molecule has 0 radical (unpaired) electrons. The van der Waals surface area contributed by atoms with Crippen molar-refractivity contribution in [3.63, 3.8) is 0 Å². The second kappa shape index (κ2) is 18.6. The third-order valence-corrected chi connectivity index (χ3v) is 8.27. The van der Waals surface area contributed by atoms with Crippen molar-refractivity contribution in [2.24, 2.45) is 0 Å². The van der Waals surface area contributed by atoms with Crippen LogP contribution in [0.4, 0.5) is 0 Å². The first kappa shape index (κ1) is 45.2. The molecule has 0 saturated heterocycles. The highest BCUT2D eigenvalue weighted by atomic mass is 16.4. The monoisotopic (exact) mass is 708 g/mol. The third-order valence-electron chi connectivity index (χ3n) is 8.27. The van der Waals surface area contributed by atoms with Crippen molar-refractivity contribution in [1.82, 2.24) is 0 Å². The molecular weight excluding hydrogens is 649 g/mol. The van der Waals surface area contributed by atoms with Crippen LogP contribution in [0.15, 0.2) is 97.1 Å². The molecule has 0 bridgehead atoms. The molecule has 0 atom stereocenters. The normalized spacial score (nSPS) is 11.3. The van der Waals surface area contributed by atoms with E-state index in [4.69, 9.17) is 10.2 Å². The summed E-state index contributed by atoms with van der Waals surface area (Å²) in [7, 11) is 0. The zero-order chi connectivity index (χ0) is 40.2. The Bertz CT molecular complexity index is 1650. The van der Waals surface area contributed by atoms with Gasteiger partial charge in [-0.05, 0) is 88.1 Å². The summed E-state index contributed by atoms with van der Waals surface area (Å²) in [6, 6.07) is 29.7. The molecule has 4 aromatic carbocycles. The number of aromatic carboxylic acids is 2. The summed E-state index contributed by atoms with van der Waals surface area (Å²) in [6.07, 6.45) is 0. The Morgan fingerprint density at radius 1 is 0.365 bits per heavy atom. The molecule has 52 heavy (non-hydrogen) atoms. The minimum Gasteiger partial charge on any atom is -0.478 e. The molecule has 4 rings (SSSR count). The molecule has 0 aliphatic carbocycles. The van der Waals surface area contributed by atoms with E-state index in [-0.39, 0.29) is 33.2 Å². The largest absolute Gasteiger partial charge is 0.478 e. The van der Waals surface area contributed by atoms with E-state index >= 15 is 0 Å². The maximum Gasteiger partial charge on any atom is 0.335 e. The van der Waals surface area contributed by atoms with Crippen molar-refractivity contribution in [3.8, 4) is 0 Å². The molecular formula is C46H60O6. The summed E-state index contributed by atoms with van der Waals surface area (Å²) in [5.74, 6) is -1.49. The fourth-order valence-corrected chi connectivity index (χ4v) is 4.64. The van der Waals surface area contributed by atoms with Crippen molar-refractivity contribution >= 4 is 23.5 Å². The highest BCUT2D eigenvalue weighted by Crippen LogP contribution is 2.25. The van der Waals surface area contributed by atoms with Crippen LogP contribution in [0.3, 0.4) is 0 Å². The van der Waals surface area contributed by atoms with E-state index in [2.05, 4.69) is 89.2 Å². The number of benzene rings is 4. The first-order chi connectivity index (χ1) is 23.6. The van der Waals surface area contributed by atoms with E-state index in [1.54, 1.807) is 44.2 Å². The van der Waals surface area contributed by atoms with Gasteiger partial charge < -0.3 is 10.2 Å². The van der Waals surface area contributed by atoms with Crippen LogP contribution in [-0.2, 0) is 21.7 Å². The minimum atomic E-state index is -0.875. The van der Waals surface area contributed by atoms with Gasteiger partial charge in [-0.3, -0.25) is 9.59 Å². The van der Waals surface area contributed by atoms with E-state index in [9.17, 15) is 19.2 Å². The zero-order valence-corrected chi connectivity index (χ0v) is 33.8. The lowest BCUT2D eigenvalue weighted by molar-refractivity contribution is 0.0686. The molecule has 6 heteroatoms. The fourth-order valence-electron chi connectivity index (χ4n) is 4.64. The van der Waals surface area contributed by atoms with E-state index in [0.717, 1.165) is 22.3 Å². The maximum absolute atomic E-state index is 11.1. The zero-order valence-electron chi connectivity index (χ0n) is 33.8. The maximum atomic E-state index is 11.1. The Kier molecular flexibility index (Phi) is 16.2. The molecule has 2 N–H and O–H groups in total. The van der Waals surface area contributed by atoms with Crippen molar-refractivity contribution in [3.05, 3.63) is 142 Å². The average Bonchev–Trinajstić information content (AvgIpc) is 3.04. The number of ketones is 2. The Labute approximate surface area is 312 Å². The smallest absolute Gasteiger partial charge is 0.335 e. The number of carboxylic acids is 2. The molecule has 280 valence electrons. The van der Waals surface area contributed by atoms with Crippen molar-refractivity contribution in [2.75, 3.05) is 0 Å². The quantitative estimate of drug-likeness (QED) is 0.204. The Morgan fingerprint density at radius 2 is 0.654 bits per heavy atom. The van der Waals surface area contributed by atoms with Gasteiger partial charge in [0.05, 0.1) is 11.1 Å². The van der Waals surface area contributed by atoms with E-state index in [0.29, 0.717) is 11.1 Å². The summed E-state index contributed by atoms with van der Waals surface area (Å²) in [4.78, 5) is 43.4. The summed E-state index contributed by atoms with van der Waals surface area (Å²) in [5, 5.41) is 17.5. The first-order valence-electron chi connectivity index (χ1n) is 17.5. The van der Waals surface area contributed by atoms with Crippen LogP contribution in [0.25, 0.3) is 0 Å². The number of Topliss-reactive ketones (excluding diaryl/α,β-unsaturated/α-hetero) is 2. The van der Waals surface area contributed by atoms with E-state index in [1.807, 2.05) is 60.7 Å². The third kappa shape index (κ3) is 15.6. The van der Waals surface area contributed by atoms with E-state index < -0.39 is 11.9 Å². The van der Waals surface area contributed by atoms with Gasteiger partial charge in [0.25, 0.3) is 0 Å². The summed E-state index contributed by atoms with van der Waals surface area (Å²) in [5.41, 5.74) is 7.31. The van der Waals surface area contributed by atoms with Crippen LogP contribution in [0.2, 0.25) is 0 Å². The van der Waals surface area contributed by atoms with Crippen molar-refractivity contribution < 1.29 is 29.4 Å². The second-order valence-electron chi connectivity index (χ2n) is 17.0. The van der Waals surface area contributed by atoms with Gasteiger partial charge >= 0.3 is 11.9 Å². The molecule has 0 unspecified atom stereocenters. The van der Waals surface area contributed by atoms with E-state index in [1.165, 1.54) is 11.1 Å².